The van der Waals surface area contributed by atoms with Crippen molar-refractivity contribution in [2.24, 2.45) is 5.73 Å². The summed E-state index contributed by atoms with van der Waals surface area (Å²) >= 11 is 0. The third-order valence-electron chi connectivity index (χ3n) is 3.34. The summed E-state index contributed by atoms with van der Waals surface area (Å²) in [6.45, 7) is 2.97. The number of hydrogen-bond acceptors (Lipinski definition) is 3. The van der Waals surface area contributed by atoms with Crippen LogP contribution in [0, 0.1) is 0 Å². The molecule has 102 valence electrons. The second-order valence-electron chi connectivity index (χ2n) is 4.63. The predicted molar refractivity (Wildman–Crippen MR) is 76.1 cm³/mol. The van der Waals surface area contributed by atoms with Gasteiger partial charge < -0.3 is 15.0 Å². The molecule has 2 N–H and O–H groups in total. The molecule has 0 spiro atoms. The third-order valence-corrected chi connectivity index (χ3v) is 3.34. The molecular weight excluding hydrogens is 238 g/mol. The first-order valence-electron chi connectivity index (χ1n) is 6.63. The number of nitrogens with zero attached hydrogens (tertiary/aromatic N) is 2. The second-order valence-corrected chi connectivity index (χ2v) is 4.63. The van der Waals surface area contributed by atoms with Crippen LogP contribution < -0.4 is 10.5 Å². The molecule has 2 aromatic rings. The van der Waals surface area contributed by atoms with Crippen LogP contribution in [-0.4, -0.2) is 16.7 Å². The maximum Gasteiger partial charge on any atom is 0.119 e. The molecule has 1 aromatic carbocycles. The monoisotopic (exact) mass is 259 g/mol. The number of ether oxygens (including phenoxy) is 1. The first kappa shape index (κ1) is 13.6. The van der Waals surface area contributed by atoms with E-state index in [1.54, 1.807) is 7.11 Å². The van der Waals surface area contributed by atoms with Gasteiger partial charge in [-0.1, -0.05) is 19.1 Å². The van der Waals surface area contributed by atoms with E-state index < -0.39 is 0 Å². The summed E-state index contributed by atoms with van der Waals surface area (Å²) in [7, 11) is 1.69. The summed E-state index contributed by atoms with van der Waals surface area (Å²) in [5.74, 6) is 0.897. The molecule has 0 fully saturated rings. The molecule has 2 rings (SSSR count). The average molecular weight is 259 g/mol. The minimum absolute atomic E-state index is 0.0628. The summed E-state index contributed by atoms with van der Waals surface area (Å²) in [5.41, 5.74) is 8.43. The summed E-state index contributed by atoms with van der Waals surface area (Å²) < 4.78 is 7.36. The molecule has 1 aromatic heterocycles. The van der Waals surface area contributed by atoms with E-state index in [0.29, 0.717) is 0 Å². The van der Waals surface area contributed by atoms with Crippen molar-refractivity contribution in [3.05, 3.63) is 48.0 Å². The van der Waals surface area contributed by atoms with E-state index in [1.807, 2.05) is 24.7 Å². The second kappa shape index (κ2) is 6.38. The van der Waals surface area contributed by atoms with Gasteiger partial charge in [-0.3, -0.25) is 0 Å². The maximum absolute atomic E-state index is 6.07. The van der Waals surface area contributed by atoms with Crippen LogP contribution in [0.4, 0.5) is 0 Å². The normalized spacial score (nSPS) is 12.4. The number of imidazole rings is 1. The molecule has 0 aliphatic heterocycles. The Balaban J connectivity index is 2.04. The predicted octanol–water partition coefficient (Wildman–Crippen LogP) is 2.54. The van der Waals surface area contributed by atoms with Gasteiger partial charge in [0, 0.05) is 18.8 Å². The van der Waals surface area contributed by atoms with Crippen LogP contribution in [-0.2, 0) is 13.0 Å². The fourth-order valence-corrected chi connectivity index (χ4v) is 2.11. The molecule has 4 nitrogen and oxygen atoms in total. The Morgan fingerprint density at radius 2 is 2.26 bits per heavy atom. The van der Waals surface area contributed by atoms with Gasteiger partial charge in [-0.2, -0.15) is 0 Å². The van der Waals surface area contributed by atoms with Crippen LogP contribution in [0.2, 0.25) is 0 Å². The van der Waals surface area contributed by atoms with Crippen LogP contribution >= 0.6 is 0 Å². The Morgan fingerprint density at radius 3 is 3.00 bits per heavy atom. The number of aryl methyl sites for hydroxylation is 2. The zero-order valence-corrected chi connectivity index (χ0v) is 11.5. The molecule has 0 amide bonds. The molecule has 0 unspecified atom stereocenters. The molecule has 1 atom stereocenters. The lowest BCUT2D eigenvalue weighted by molar-refractivity contribution is 0.414. The van der Waals surface area contributed by atoms with E-state index in [-0.39, 0.29) is 6.04 Å². The summed E-state index contributed by atoms with van der Waals surface area (Å²) in [5, 5.41) is 0. The Morgan fingerprint density at radius 1 is 1.42 bits per heavy atom. The van der Waals surface area contributed by atoms with E-state index in [4.69, 9.17) is 10.5 Å². The van der Waals surface area contributed by atoms with Crippen molar-refractivity contribution in [1.29, 1.82) is 0 Å². The fourth-order valence-electron chi connectivity index (χ4n) is 2.11. The molecule has 19 heavy (non-hydrogen) atoms. The molecule has 0 saturated carbocycles. The number of aromatic nitrogens is 2. The number of nitrogens with two attached hydrogens (primary N) is 1. The largest absolute Gasteiger partial charge is 0.497 e. The fraction of sp³-hybridized carbons (Fsp3) is 0.400. The quantitative estimate of drug-likeness (QED) is 0.867. The smallest absolute Gasteiger partial charge is 0.119 e. The Labute approximate surface area is 114 Å². The third kappa shape index (κ3) is 3.35. The highest BCUT2D eigenvalue weighted by molar-refractivity contribution is 5.28. The minimum atomic E-state index is 0.0628. The van der Waals surface area contributed by atoms with Crippen LogP contribution in [0.1, 0.15) is 30.6 Å². The van der Waals surface area contributed by atoms with Crippen LogP contribution in [0.3, 0.4) is 0 Å². The van der Waals surface area contributed by atoms with Crippen LogP contribution in [0.5, 0.6) is 5.75 Å². The zero-order valence-electron chi connectivity index (χ0n) is 11.5. The highest BCUT2D eigenvalue weighted by Gasteiger charge is 2.09. The van der Waals surface area contributed by atoms with Gasteiger partial charge in [0.15, 0.2) is 0 Å². The summed E-state index contributed by atoms with van der Waals surface area (Å²) in [4.78, 5) is 4.20. The minimum Gasteiger partial charge on any atom is -0.497 e. The highest BCUT2D eigenvalue weighted by atomic mass is 16.5. The average Bonchev–Trinajstić information content (AvgIpc) is 2.93. The SMILES string of the molecule is CC[C@@H](N)c1cncn1CCc1cccc(OC)c1. The van der Waals surface area contributed by atoms with E-state index in [0.717, 1.165) is 30.8 Å². The molecule has 1 heterocycles. The molecule has 0 bridgehead atoms. The molecular formula is C15H21N3O. The maximum atomic E-state index is 6.07. The number of hydrogen-bond donors (Lipinski definition) is 1. The van der Waals surface area contributed by atoms with Crippen molar-refractivity contribution in [2.45, 2.75) is 32.4 Å². The van der Waals surface area contributed by atoms with Crippen molar-refractivity contribution >= 4 is 0 Å². The standard InChI is InChI=1S/C15H21N3O/c1-3-14(16)15-10-17-11-18(15)8-7-12-5-4-6-13(9-12)19-2/h4-6,9-11,14H,3,7-8,16H2,1-2H3/t14-/m1/s1. The lowest BCUT2D eigenvalue weighted by Gasteiger charge is -2.13. The molecule has 0 saturated heterocycles. The Hall–Kier alpha value is -1.81. The first-order valence-corrected chi connectivity index (χ1v) is 6.63. The van der Waals surface area contributed by atoms with Gasteiger partial charge in [-0.05, 0) is 30.5 Å². The number of benzene rings is 1. The first-order chi connectivity index (χ1) is 9.24. The van der Waals surface area contributed by atoms with Gasteiger partial charge >= 0.3 is 0 Å². The lowest BCUT2D eigenvalue weighted by Crippen LogP contribution is -2.15. The topological polar surface area (TPSA) is 53.1 Å². The van der Waals surface area contributed by atoms with Gasteiger partial charge in [0.05, 0.1) is 19.1 Å². The number of methoxy groups -OCH3 is 1. The molecule has 0 aliphatic rings. The molecule has 4 heteroatoms. The molecule has 0 aliphatic carbocycles. The summed E-state index contributed by atoms with van der Waals surface area (Å²) in [6.07, 6.45) is 5.58. The van der Waals surface area contributed by atoms with Gasteiger partial charge in [0.2, 0.25) is 0 Å². The van der Waals surface area contributed by atoms with Gasteiger partial charge in [-0.25, -0.2) is 4.98 Å². The van der Waals surface area contributed by atoms with Crippen molar-refractivity contribution in [2.75, 3.05) is 7.11 Å². The Bertz CT molecular complexity index is 522. The lowest BCUT2D eigenvalue weighted by atomic mass is 10.1. The van der Waals surface area contributed by atoms with E-state index in [9.17, 15) is 0 Å². The number of rotatable bonds is 6. The van der Waals surface area contributed by atoms with Crippen molar-refractivity contribution in [3.8, 4) is 5.75 Å². The van der Waals surface area contributed by atoms with Crippen molar-refractivity contribution in [3.63, 3.8) is 0 Å². The van der Waals surface area contributed by atoms with Gasteiger partial charge in [0.1, 0.15) is 5.75 Å². The zero-order chi connectivity index (χ0) is 13.7. The van der Waals surface area contributed by atoms with Crippen molar-refractivity contribution in [1.82, 2.24) is 9.55 Å². The summed E-state index contributed by atoms with van der Waals surface area (Å²) in [6, 6.07) is 8.21. The van der Waals surface area contributed by atoms with Gasteiger partial charge in [-0.15, -0.1) is 0 Å². The van der Waals surface area contributed by atoms with E-state index in [2.05, 4.69) is 28.6 Å². The van der Waals surface area contributed by atoms with Gasteiger partial charge in [0.25, 0.3) is 0 Å². The molecule has 0 radical (unpaired) electrons. The highest BCUT2D eigenvalue weighted by Crippen LogP contribution is 2.16. The van der Waals surface area contributed by atoms with E-state index in [1.165, 1.54) is 5.56 Å². The van der Waals surface area contributed by atoms with E-state index >= 15 is 0 Å². The van der Waals surface area contributed by atoms with Crippen molar-refractivity contribution < 1.29 is 4.74 Å². The van der Waals surface area contributed by atoms with Crippen LogP contribution in [0.25, 0.3) is 0 Å². The Kier molecular flexibility index (Phi) is 4.58. The van der Waals surface area contributed by atoms with Crippen LogP contribution in [0.15, 0.2) is 36.8 Å².